The van der Waals surface area contributed by atoms with Gasteiger partial charge < -0.3 is 10.1 Å². The topological polar surface area (TPSA) is 72.5 Å². The van der Waals surface area contributed by atoms with Crippen molar-refractivity contribution in [3.8, 4) is 0 Å². The Morgan fingerprint density at radius 1 is 1.24 bits per heavy atom. The van der Waals surface area contributed by atoms with E-state index in [0.717, 1.165) is 13.0 Å². The minimum Gasteiger partial charge on any atom is -0.388 e. The fourth-order valence-electron chi connectivity index (χ4n) is 2.07. The summed E-state index contributed by atoms with van der Waals surface area (Å²) in [7, 11) is 0. The normalized spacial score (nSPS) is 18.3. The van der Waals surface area contributed by atoms with Crippen LogP contribution in [0.5, 0.6) is 0 Å². The Morgan fingerprint density at radius 3 is 2.57 bits per heavy atom. The summed E-state index contributed by atoms with van der Waals surface area (Å²) in [5.41, 5.74) is 0.587. The van der Waals surface area contributed by atoms with Crippen molar-refractivity contribution in [1.29, 1.82) is 0 Å². The van der Waals surface area contributed by atoms with E-state index in [9.17, 15) is 14.4 Å². The molecule has 0 aliphatic carbocycles. The highest BCUT2D eigenvalue weighted by atomic mass is 16.6. The van der Waals surface area contributed by atoms with Crippen LogP contribution in [0.2, 0.25) is 0 Å². The maximum absolute atomic E-state index is 11.9. The SMILES string of the molecule is CC(=CC(=O)c1ccccc1)C(=O)OC(=O)[C@@H]1CCCN1. The van der Waals surface area contributed by atoms with Gasteiger partial charge in [0.1, 0.15) is 6.04 Å². The molecule has 1 fully saturated rings. The van der Waals surface area contributed by atoms with Crippen molar-refractivity contribution < 1.29 is 19.1 Å². The number of benzene rings is 1. The first-order valence-corrected chi connectivity index (χ1v) is 6.85. The van der Waals surface area contributed by atoms with Gasteiger partial charge in [-0.3, -0.25) is 4.79 Å². The molecule has 1 atom stereocenters. The molecule has 1 saturated heterocycles. The smallest absolute Gasteiger partial charge is 0.341 e. The van der Waals surface area contributed by atoms with Gasteiger partial charge in [-0.05, 0) is 32.4 Å². The molecule has 0 aromatic heterocycles. The molecule has 5 nitrogen and oxygen atoms in total. The zero-order valence-corrected chi connectivity index (χ0v) is 11.8. The lowest BCUT2D eigenvalue weighted by molar-refractivity contribution is -0.158. The van der Waals surface area contributed by atoms with Crippen LogP contribution < -0.4 is 5.32 Å². The van der Waals surface area contributed by atoms with Crippen LogP contribution in [0.4, 0.5) is 0 Å². The number of carbonyl (C=O) groups excluding carboxylic acids is 3. The molecule has 0 spiro atoms. The predicted octanol–water partition coefficient (Wildman–Crippen LogP) is 1.64. The maximum atomic E-state index is 11.9. The molecule has 5 heteroatoms. The molecule has 1 aromatic rings. The lowest BCUT2D eigenvalue weighted by Crippen LogP contribution is -2.34. The summed E-state index contributed by atoms with van der Waals surface area (Å²) in [6.07, 6.45) is 2.74. The Balaban J connectivity index is 1.96. The lowest BCUT2D eigenvalue weighted by Gasteiger charge is -2.08. The van der Waals surface area contributed by atoms with E-state index in [0.29, 0.717) is 12.0 Å². The van der Waals surface area contributed by atoms with Crippen LogP contribution >= 0.6 is 0 Å². The summed E-state index contributed by atoms with van der Waals surface area (Å²) < 4.78 is 4.77. The second kappa shape index (κ2) is 6.95. The number of rotatable bonds is 4. The third-order valence-electron chi connectivity index (χ3n) is 3.27. The van der Waals surface area contributed by atoms with E-state index < -0.39 is 18.0 Å². The van der Waals surface area contributed by atoms with Crippen molar-refractivity contribution in [3.63, 3.8) is 0 Å². The van der Waals surface area contributed by atoms with Crippen molar-refractivity contribution in [3.05, 3.63) is 47.5 Å². The van der Waals surface area contributed by atoms with Gasteiger partial charge in [-0.2, -0.15) is 0 Å². The highest BCUT2D eigenvalue weighted by Crippen LogP contribution is 2.09. The lowest BCUT2D eigenvalue weighted by atomic mass is 10.1. The zero-order valence-electron chi connectivity index (χ0n) is 11.8. The van der Waals surface area contributed by atoms with Crippen LogP contribution in [-0.4, -0.2) is 30.3 Å². The van der Waals surface area contributed by atoms with Crippen LogP contribution in [0.1, 0.15) is 30.1 Å². The summed E-state index contributed by atoms with van der Waals surface area (Å²) in [4.78, 5) is 35.4. The molecule has 0 radical (unpaired) electrons. The fraction of sp³-hybridized carbons (Fsp3) is 0.312. The summed E-state index contributed by atoms with van der Waals surface area (Å²) in [5.74, 6) is -1.66. The second-order valence-corrected chi connectivity index (χ2v) is 4.92. The quantitative estimate of drug-likeness (QED) is 0.394. The van der Waals surface area contributed by atoms with Gasteiger partial charge >= 0.3 is 11.9 Å². The molecule has 1 heterocycles. The first kappa shape index (κ1) is 15.1. The first-order valence-electron chi connectivity index (χ1n) is 6.85. The van der Waals surface area contributed by atoms with E-state index >= 15 is 0 Å². The number of ether oxygens (including phenoxy) is 1. The summed E-state index contributed by atoms with van der Waals surface area (Å²) in [5, 5.41) is 2.95. The third kappa shape index (κ3) is 4.10. The van der Waals surface area contributed by atoms with E-state index in [-0.39, 0.29) is 11.4 Å². The zero-order chi connectivity index (χ0) is 15.2. The van der Waals surface area contributed by atoms with Crippen LogP contribution in [0.15, 0.2) is 42.0 Å². The molecule has 21 heavy (non-hydrogen) atoms. The van der Waals surface area contributed by atoms with Crippen molar-refractivity contribution in [2.45, 2.75) is 25.8 Å². The minimum atomic E-state index is -0.780. The number of hydrogen-bond acceptors (Lipinski definition) is 5. The van der Waals surface area contributed by atoms with E-state index in [1.54, 1.807) is 30.3 Å². The molecule has 0 saturated carbocycles. The number of esters is 2. The Labute approximate surface area is 123 Å². The average Bonchev–Trinajstić information content (AvgIpc) is 3.02. The van der Waals surface area contributed by atoms with Gasteiger partial charge in [0, 0.05) is 11.1 Å². The molecular formula is C16H17NO4. The van der Waals surface area contributed by atoms with Gasteiger partial charge in [-0.15, -0.1) is 0 Å². The maximum Gasteiger partial charge on any atom is 0.341 e. The van der Waals surface area contributed by atoms with Crippen LogP contribution in [-0.2, 0) is 14.3 Å². The molecule has 1 aliphatic rings. The molecule has 1 N–H and O–H groups in total. The number of ketones is 1. The monoisotopic (exact) mass is 287 g/mol. The number of allylic oxidation sites excluding steroid dienone is 1. The summed E-state index contributed by atoms with van der Waals surface area (Å²) >= 11 is 0. The highest BCUT2D eigenvalue weighted by Gasteiger charge is 2.26. The molecule has 1 aromatic carbocycles. The average molecular weight is 287 g/mol. The molecular weight excluding hydrogens is 270 g/mol. The van der Waals surface area contributed by atoms with Crippen molar-refractivity contribution in [2.24, 2.45) is 0 Å². The van der Waals surface area contributed by atoms with Gasteiger partial charge in [0.2, 0.25) is 0 Å². The summed E-state index contributed by atoms with van der Waals surface area (Å²) in [6, 6.07) is 8.17. The number of nitrogens with one attached hydrogen (secondary N) is 1. The second-order valence-electron chi connectivity index (χ2n) is 4.92. The Bertz CT molecular complexity index is 571. The fourth-order valence-corrected chi connectivity index (χ4v) is 2.07. The Hall–Kier alpha value is -2.27. The van der Waals surface area contributed by atoms with E-state index in [1.807, 2.05) is 0 Å². The van der Waals surface area contributed by atoms with E-state index in [2.05, 4.69) is 5.32 Å². The molecule has 0 bridgehead atoms. The van der Waals surface area contributed by atoms with Gasteiger partial charge in [0.15, 0.2) is 5.78 Å². The van der Waals surface area contributed by atoms with Crippen molar-refractivity contribution >= 4 is 17.7 Å². The first-order chi connectivity index (χ1) is 10.1. The van der Waals surface area contributed by atoms with E-state index in [4.69, 9.17) is 4.74 Å². The third-order valence-corrected chi connectivity index (χ3v) is 3.27. The largest absolute Gasteiger partial charge is 0.388 e. The molecule has 0 amide bonds. The van der Waals surface area contributed by atoms with Crippen LogP contribution in [0.3, 0.4) is 0 Å². The van der Waals surface area contributed by atoms with E-state index in [1.165, 1.54) is 13.0 Å². The Kier molecular flexibility index (Phi) is 5.00. The van der Waals surface area contributed by atoms with Crippen LogP contribution in [0, 0.1) is 0 Å². The minimum absolute atomic E-state index is 0.107. The number of hydrogen-bond donors (Lipinski definition) is 1. The standard InChI is InChI=1S/C16H17NO4/c1-11(10-14(18)12-6-3-2-4-7-12)15(19)21-16(20)13-8-5-9-17-13/h2-4,6-7,10,13,17H,5,8-9H2,1H3/t13-/m0/s1. The van der Waals surface area contributed by atoms with Gasteiger partial charge in [0.05, 0.1) is 0 Å². The summed E-state index contributed by atoms with van der Waals surface area (Å²) in [6.45, 7) is 2.20. The van der Waals surface area contributed by atoms with Crippen molar-refractivity contribution in [1.82, 2.24) is 5.32 Å². The Morgan fingerprint density at radius 2 is 1.95 bits per heavy atom. The predicted molar refractivity (Wildman–Crippen MR) is 76.7 cm³/mol. The molecule has 0 unspecified atom stereocenters. The van der Waals surface area contributed by atoms with Gasteiger partial charge in [0.25, 0.3) is 0 Å². The highest BCUT2D eigenvalue weighted by molar-refractivity contribution is 6.09. The number of carbonyl (C=O) groups is 3. The molecule has 2 rings (SSSR count). The van der Waals surface area contributed by atoms with Crippen LogP contribution in [0.25, 0.3) is 0 Å². The van der Waals surface area contributed by atoms with Crippen molar-refractivity contribution in [2.75, 3.05) is 6.54 Å². The van der Waals surface area contributed by atoms with Gasteiger partial charge in [-0.1, -0.05) is 30.3 Å². The molecule has 1 aliphatic heterocycles. The molecule has 110 valence electrons. The van der Waals surface area contributed by atoms with Gasteiger partial charge in [-0.25, -0.2) is 9.59 Å².